The third-order valence-corrected chi connectivity index (χ3v) is 2.97. The molecule has 0 spiro atoms. The third-order valence-electron chi connectivity index (χ3n) is 2.32. The van der Waals surface area contributed by atoms with Crippen LogP contribution in [0, 0.1) is 11.3 Å². The zero-order chi connectivity index (χ0) is 13.0. The molecule has 88 valence electrons. The summed E-state index contributed by atoms with van der Waals surface area (Å²) < 4.78 is 6.44. The number of carbonyl (C=O) groups is 1. The van der Waals surface area contributed by atoms with Gasteiger partial charge in [-0.3, -0.25) is 4.79 Å². The van der Waals surface area contributed by atoms with Crippen LogP contribution >= 0.6 is 15.9 Å². The van der Waals surface area contributed by atoms with Crippen LogP contribution in [0.3, 0.4) is 0 Å². The summed E-state index contributed by atoms with van der Waals surface area (Å²) in [7, 11) is 0. The molecule has 0 fully saturated rings. The van der Waals surface area contributed by atoms with Gasteiger partial charge in [-0.15, -0.1) is 0 Å². The minimum absolute atomic E-state index is 0.329. The smallest absolute Gasteiger partial charge is 0.150 e. The Kier molecular flexibility index (Phi) is 3.75. The van der Waals surface area contributed by atoms with Crippen molar-refractivity contribution < 1.29 is 9.53 Å². The number of carbonyl (C=O) groups excluding carboxylic acids is 1. The molecule has 2 rings (SSSR count). The number of hydrogen-bond acceptors (Lipinski definition) is 3. The Labute approximate surface area is 113 Å². The molecule has 2 aromatic rings. The van der Waals surface area contributed by atoms with Gasteiger partial charge in [0.1, 0.15) is 23.9 Å². The maximum Gasteiger partial charge on any atom is 0.150 e. The zero-order valence-corrected chi connectivity index (χ0v) is 10.8. The number of halogens is 1. The van der Waals surface area contributed by atoms with E-state index in [1.54, 1.807) is 18.2 Å². The number of nitrogens with zero attached hydrogens (tertiary/aromatic N) is 1. The van der Waals surface area contributed by atoms with E-state index in [0.717, 1.165) is 4.47 Å². The van der Waals surface area contributed by atoms with Crippen molar-refractivity contribution in [2.75, 3.05) is 0 Å². The van der Waals surface area contributed by atoms with E-state index in [2.05, 4.69) is 15.9 Å². The average Bonchev–Trinajstić information content (AvgIpc) is 2.41. The second-order valence-corrected chi connectivity index (χ2v) is 4.37. The molecule has 0 radical (unpaired) electrons. The van der Waals surface area contributed by atoms with Gasteiger partial charge in [0, 0.05) is 5.56 Å². The Hall–Kier alpha value is -2.12. The van der Waals surface area contributed by atoms with E-state index in [9.17, 15) is 4.79 Å². The molecule has 0 bridgehead atoms. The van der Waals surface area contributed by atoms with Crippen LogP contribution in [0.1, 0.15) is 15.9 Å². The Morgan fingerprint density at radius 1 is 1.17 bits per heavy atom. The van der Waals surface area contributed by atoms with Crippen LogP contribution in [0.5, 0.6) is 11.5 Å². The summed E-state index contributed by atoms with van der Waals surface area (Å²) in [6.07, 6.45) is 0.697. The van der Waals surface area contributed by atoms with E-state index in [4.69, 9.17) is 10.00 Å². The van der Waals surface area contributed by atoms with E-state index >= 15 is 0 Å². The van der Waals surface area contributed by atoms with E-state index in [0.29, 0.717) is 28.9 Å². The minimum Gasteiger partial charge on any atom is -0.455 e. The van der Waals surface area contributed by atoms with Gasteiger partial charge in [-0.2, -0.15) is 5.26 Å². The second-order valence-electron chi connectivity index (χ2n) is 3.52. The minimum atomic E-state index is 0.329. The van der Waals surface area contributed by atoms with Crippen LogP contribution in [0.25, 0.3) is 0 Å². The first-order valence-electron chi connectivity index (χ1n) is 5.16. The maximum atomic E-state index is 10.6. The third kappa shape index (κ3) is 2.58. The molecular formula is C14H8BrNO2. The molecule has 0 amide bonds. The Balaban J connectivity index is 2.38. The number of nitriles is 1. The molecule has 0 atom stereocenters. The zero-order valence-electron chi connectivity index (χ0n) is 9.26. The first-order chi connectivity index (χ1) is 8.74. The summed E-state index contributed by atoms with van der Waals surface area (Å²) in [6, 6.07) is 14.1. The van der Waals surface area contributed by atoms with Crippen LogP contribution in [0.4, 0.5) is 0 Å². The highest BCUT2D eigenvalue weighted by Gasteiger charge is 2.07. The maximum absolute atomic E-state index is 10.6. The van der Waals surface area contributed by atoms with Gasteiger partial charge in [0.15, 0.2) is 0 Å². The molecule has 18 heavy (non-hydrogen) atoms. The Bertz CT molecular complexity index is 632. The molecule has 0 saturated heterocycles. The molecule has 3 nitrogen and oxygen atoms in total. The van der Waals surface area contributed by atoms with Crippen molar-refractivity contribution in [3.8, 4) is 17.6 Å². The summed E-state index contributed by atoms with van der Waals surface area (Å²) in [5, 5.41) is 9.03. The lowest BCUT2D eigenvalue weighted by Gasteiger charge is -2.09. The van der Waals surface area contributed by atoms with Gasteiger partial charge in [0.05, 0.1) is 10.0 Å². The monoisotopic (exact) mass is 301 g/mol. The van der Waals surface area contributed by atoms with E-state index in [1.807, 2.05) is 24.3 Å². The first-order valence-corrected chi connectivity index (χ1v) is 5.95. The van der Waals surface area contributed by atoms with Crippen LogP contribution < -0.4 is 4.74 Å². The molecule has 0 unspecified atom stereocenters. The van der Waals surface area contributed by atoms with Crippen molar-refractivity contribution >= 4 is 22.2 Å². The highest BCUT2D eigenvalue weighted by atomic mass is 79.9. The Morgan fingerprint density at radius 3 is 2.61 bits per heavy atom. The summed E-state index contributed by atoms with van der Waals surface area (Å²) in [5.41, 5.74) is 0.779. The quantitative estimate of drug-likeness (QED) is 0.807. The van der Waals surface area contributed by atoms with Gasteiger partial charge in [0.2, 0.25) is 0 Å². The predicted molar refractivity (Wildman–Crippen MR) is 70.8 cm³/mol. The molecule has 0 heterocycles. The van der Waals surface area contributed by atoms with Crippen LogP contribution in [0.2, 0.25) is 0 Å². The molecule has 0 saturated carbocycles. The van der Waals surface area contributed by atoms with Crippen LogP contribution in [0.15, 0.2) is 46.9 Å². The van der Waals surface area contributed by atoms with Gasteiger partial charge in [-0.1, -0.05) is 12.1 Å². The van der Waals surface area contributed by atoms with Crippen LogP contribution in [-0.4, -0.2) is 6.29 Å². The molecule has 0 aliphatic heterocycles. The van der Waals surface area contributed by atoms with E-state index in [-0.39, 0.29) is 0 Å². The van der Waals surface area contributed by atoms with Gasteiger partial charge < -0.3 is 4.74 Å². The number of hydrogen-bond donors (Lipinski definition) is 0. The van der Waals surface area contributed by atoms with Gasteiger partial charge in [-0.25, -0.2) is 0 Å². The molecule has 0 aliphatic carbocycles. The number of para-hydroxylation sites is 1. The number of aldehydes is 1. The van der Waals surface area contributed by atoms with Crippen molar-refractivity contribution in [3.05, 3.63) is 58.1 Å². The molecule has 2 aromatic carbocycles. The topological polar surface area (TPSA) is 50.1 Å². The molecular weight excluding hydrogens is 294 g/mol. The van der Waals surface area contributed by atoms with Crippen molar-refractivity contribution in [2.24, 2.45) is 0 Å². The number of benzene rings is 2. The second kappa shape index (κ2) is 5.48. The van der Waals surface area contributed by atoms with Gasteiger partial charge in [0.25, 0.3) is 0 Å². The summed E-state index contributed by atoms with van der Waals surface area (Å²) in [5.74, 6) is 1.04. The standard InChI is InChI=1S/C14H8BrNO2/c15-12-3-1-2-4-14(12)18-13-6-5-10(9-17)7-11(13)8-16/h1-7,9H. The lowest BCUT2D eigenvalue weighted by Crippen LogP contribution is -1.91. The molecule has 4 heteroatoms. The van der Waals surface area contributed by atoms with Crippen LogP contribution in [-0.2, 0) is 0 Å². The predicted octanol–water partition coefficient (Wildman–Crippen LogP) is 3.93. The first kappa shape index (κ1) is 12.3. The molecule has 0 N–H and O–H groups in total. The van der Waals surface area contributed by atoms with Crippen molar-refractivity contribution in [3.63, 3.8) is 0 Å². The summed E-state index contributed by atoms with van der Waals surface area (Å²) >= 11 is 3.36. The van der Waals surface area contributed by atoms with Gasteiger partial charge in [-0.05, 0) is 46.3 Å². The normalized spacial score (nSPS) is 9.56. The van der Waals surface area contributed by atoms with Crippen molar-refractivity contribution in [2.45, 2.75) is 0 Å². The summed E-state index contributed by atoms with van der Waals surface area (Å²) in [6.45, 7) is 0. The number of rotatable bonds is 3. The lowest BCUT2D eigenvalue weighted by atomic mass is 10.1. The summed E-state index contributed by atoms with van der Waals surface area (Å²) in [4.78, 5) is 10.6. The van der Waals surface area contributed by atoms with E-state index < -0.39 is 0 Å². The molecule has 0 aliphatic rings. The largest absolute Gasteiger partial charge is 0.455 e. The fourth-order valence-corrected chi connectivity index (χ4v) is 1.81. The Morgan fingerprint density at radius 2 is 1.94 bits per heavy atom. The molecule has 0 aromatic heterocycles. The average molecular weight is 302 g/mol. The van der Waals surface area contributed by atoms with Crippen molar-refractivity contribution in [1.29, 1.82) is 5.26 Å². The SMILES string of the molecule is N#Cc1cc(C=O)ccc1Oc1ccccc1Br. The van der Waals surface area contributed by atoms with E-state index in [1.165, 1.54) is 6.07 Å². The lowest BCUT2D eigenvalue weighted by molar-refractivity contribution is 0.112. The fraction of sp³-hybridized carbons (Fsp3) is 0. The fourth-order valence-electron chi connectivity index (χ4n) is 1.44. The highest BCUT2D eigenvalue weighted by molar-refractivity contribution is 9.10. The highest BCUT2D eigenvalue weighted by Crippen LogP contribution is 2.31. The number of ether oxygens (including phenoxy) is 1. The van der Waals surface area contributed by atoms with Gasteiger partial charge >= 0.3 is 0 Å². The van der Waals surface area contributed by atoms with Crippen molar-refractivity contribution in [1.82, 2.24) is 0 Å².